The van der Waals surface area contributed by atoms with Crippen LogP contribution < -0.4 is 9.08 Å². The minimum atomic E-state index is -5.99. The van der Waals surface area contributed by atoms with Gasteiger partial charge in [-0.3, -0.25) is 9.69 Å². The fraction of sp³-hybridized carbons (Fsp3) is 0.400. The number of nitrogens with zero attached hydrogens (tertiary/aromatic N) is 3. The number of benzene rings is 1. The number of aromatic nitrogens is 2. The Labute approximate surface area is 253 Å². The van der Waals surface area contributed by atoms with Gasteiger partial charge < -0.3 is 13.7 Å². The molecule has 3 aromatic rings. The number of carbonyl (C=O) groups is 2. The number of rotatable bonds is 9. The Morgan fingerprint density at radius 2 is 1.80 bits per heavy atom. The Balaban J connectivity index is 1.68. The number of hydrogen-bond acceptors (Lipinski definition) is 9. The summed E-state index contributed by atoms with van der Waals surface area (Å²) < 4.78 is 77.8. The second-order valence-electron chi connectivity index (χ2n) is 11.2. The van der Waals surface area contributed by atoms with E-state index in [4.69, 9.17) is 9.47 Å². The van der Waals surface area contributed by atoms with Crippen molar-refractivity contribution in [2.24, 2.45) is 5.92 Å². The maximum atomic E-state index is 13.2. The first kappa shape index (κ1) is 32.7. The van der Waals surface area contributed by atoms with E-state index in [0.717, 1.165) is 17.2 Å². The summed E-state index contributed by atoms with van der Waals surface area (Å²) in [5, 5.41) is 0. The third-order valence-electron chi connectivity index (χ3n) is 6.46. The Morgan fingerprint density at radius 3 is 2.39 bits per heavy atom. The molecule has 0 N–H and O–H groups in total. The normalized spacial score (nSPS) is 16.6. The number of esters is 1. The standard InChI is InChI=1S/C30H32F3N3O7S/c1-6-41-27(37)22-15-21(22)26-24(43-44(39,40)30(31,32)33)12-11-23(35-26)20-10-13-25(34-16-20)36(28(38)42-29(3,4)5)17-19-9-7-8-18(2)14-19/h7-14,16,21-22H,6,15,17H2,1-5H3/t21-,22-/m0/s1. The molecular weight excluding hydrogens is 603 g/mol. The lowest BCUT2D eigenvalue weighted by atomic mass is 10.1. The molecule has 1 saturated carbocycles. The van der Waals surface area contributed by atoms with E-state index < -0.39 is 50.9 Å². The Bertz CT molecular complexity index is 1640. The molecule has 0 radical (unpaired) electrons. The van der Waals surface area contributed by atoms with Crippen LogP contribution in [0.15, 0.2) is 54.7 Å². The van der Waals surface area contributed by atoms with Gasteiger partial charge in [0.1, 0.15) is 11.4 Å². The van der Waals surface area contributed by atoms with E-state index >= 15 is 0 Å². The van der Waals surface area contributed by atoms with Crippen molar-refractivity contribution >= 4 is 28.0 Å². The van der Waals surface area contributed by atoms with E-state index in [1.165, 1.54) is 17.2 Å². The van der Waals surface area contributed by atoms with E-state index in [1.807, 2.05) is 31.2 Å². The SMILES string of the molecule is CCOC(=O)[C@H]1C[C@@H]1c1nc(-c2ccc(N(Cc3cccc(C)c3)C(=O)OC(C)(C)C)nc2)ccc1OS(=O)(=O)C(F)(F)F. The van der Waals surface area contributed by atoms with Crippen LogP contribution in [0.25, 0.3) is 11.3 Å². The Morgan fingerprint density at radius 1 is 1.07 bits per heavy atom. The van der Waals surface area contributed by atoms with Crippen molar-refractivity contribution in [3.8, 4) is 17.0 Å². The van der Waals surface area contributed by atoms with Gasteiger partial charge in [-0.2, -0.15) is 21.6 Å². The summed E-state index contributed by atoms with van der Waals surface area (Å²) in [6.07, 6.45) is 0.988. The fourth-order valence-corrected chi connectivity index (χ4v) is 4.85. The lowest BCUT2D eigenvalue weighted by molar-refractivity contribution is -0.144. The second-order valence-corrected chi connectivity index (χ2v) is 12.8. The van der Waals surface area contributed by atoms with Crippen LogP contribution in [0.4, 0.5) is 23.8 Å². The molecule has 2 atom stereocenters. The molecule has 1 fully saturated rings. The highest BCUT2D eigenvalue weighted by Gasteiger charge is 2.51. The summed E-state index contributed by atoms with van der Waals surface area (Å²) in [7, 11) is -5.99. The lowest BCUT2D eigenvalue weighted by Crippen LogP contribution is -2.37. The van der Waals surface area contributed by atoms with Crippen LogP contribution in [0, 0.1) is 12.8 Å². The van der Waals surface area contributed by atoms with Crippen molar-refractivity contribution in [1.82, 2.24) is 9.97 Å². The van der Waals surface area contributed by atoms with Gasteiger partial charge in [0.05, 0.1) is 30.5 Å². The molecule has 0 aliphatic heterocycles. The van der Waals surface area contributed by atoms with Gasteiger partial charge in [-0.15, -0.1) is 0 Å². The van der Waals surface area contributed by atoms with E-state index in [0.29, 0.717) is 5.56 Å². The highest BCUT2D eigenvalue weighted by atomic mass is 32.2. The first-order chi connectivity index (χ1) is 20.5. The lowest BCUT2D eigenvalue weighted by Gasteiger charge is -2.27. The maximum Gasteiger partial charge on any atom is 0.534 e. The molecule has 1 amide bonds. The van der Waals surface area contributed by atoms with Crippen molar-refractivity contribution in [3.63, 3.8) is 0 Å². The largest absolute Gasteiger partial charge is 0.534 e. The van der Waals surface area contributed by atoms with Crippen molar-refractivity contribution in [2.45, 2.75) is 64.6 Å². The topological polar surface area (TPSA) is 125 Å². The number of halogens is 3. The molecule has 1 aromatic carbocycles. The number of amides is 1. The molecule has 2 aromatic heterocycles. The zero-order valence-corrected chi connectivity index (χ0v) is 25.5. The third-order valence-corrected chi connectivity index (χ3v) is 7.42. The molecule has 1 aliphatic carbocycles. The Kier molecular flexibility index (Phi) is 9.24. The van der Waals surface area contributed by atoms with Crippen molar-refractivity contribution in [3.05, 3.63) is 71.5 Å². The molecule has 44 heavy (non-hydrogen) atoms. The highest BCUT2D eigenvalue weighted by Crippen LogP contribution is 2.51. The predicted octanol–water partition coefficient (Wildman–Crippen LogP) is 6.29. The van der Waals surface area contributed by atoms with Gasteiger partial charge in [0.2, 0.25) is 0 Å². The molecule has 0 spiro atoms. The molecule has 2 heterocycles. The third kappa shape index (κ3) is 7.84. The van der Waals surface area contributed by atoms with Crippen LogP contribution in [-0.4, -0.2) is 48.2 Å². The number of carbonyl (C=O) groups excluding carboxylic acids is 2. The molecule has 4 rings (SSSR count). The highest BCUT2D eigenvalue weighted by molar-refractivity contribution is 7.88. The molecule has 0 unspecified atom stereocenters. The summed E-state index contributed by atoms with van der Waals surface area (Å²) >= 11 is 0. The van der Waals surface area contributed by atoms with Gasteiger partial charge in [-0.1, -0.05) is 29.8 Å². The molecule has 10 nitrogen and oxygen atoms in total. The molecule has 14 heteroatoms. The number of anilines is 1. The molecular formula is C30H32F3N3O7S. The molecule has 1 aliphatic rings. The van der Waals surface area contributed by atoms with Crippen LogP contribution in [-0.2, 0) is 30.9 Å². The minimum Gasteiger partial charge on any atom is -0.466 e. The van der Waals surface area contributed by atoms with Crippen molar-refractivity contribution in [2.75, 3.05) is 11.5 Å². The first-order valence-electron chi connectivity index (χ1n) is 13.7. The fourth-order valence-electron chi connectivity index (χ4n) is 4.38. The van der Waals surface area contributed by atoms with Gasteiger partial charge in [-0.05, 0) is 70.9 Å². The number of pyridine rings is 2. The number of aryl methyl sites for hydroxylation is 1. The zero-order valence-electron chi connectivity index (χ0n) is 24.7. The second kappa shape index (κ2) is 12.4. The van der Waals surface area contributed by atoms with Gasteiger partial charge in [0.25, 0.3) is 0 Å². The number of alkyl halides is 3. The summed E-state index contributed by atoms with van der Waals surface area (Å²) in [5.41, 5.74) is -4.07. The zero-order chi connectivity index (χ0) is 32.4. The summed E-state index contributed by atoms with van der Waals surface area (Å²) in [6, 6.07) is 13.1. The van der Waals surface area contributed by atoms with Crippen LogP contribution >= 0.6 is 0 Å². The summed E-state index contributed by atoms with van der Waals surface area (Å²) in [6.45, 7) is 9.05. The summed E-state index contributed by atoms with van der Waals surface area (Å²) in [5.74, 6) is -2.36. The quantitative estimate of drug-likeness (QED) is 0.152. The number of hydrogen-bond donors (Lipinski definition) is 0. The molecule has 0 bridgehead atoms. The van der Waals surface area contributed by atoms with Crippen molar-refractivity contribution < 1.29 is 44.8 Å². The van der Waals surface area contributed by atoms with Crippen molar-refractivity contribution in [1.29, 1.82) is 0 Å². The maximum absolute atomic E-state index is 13.2. The average Bonchev–Trinajstić information content (AvgIpc) is 3.72. The van der Waals surface area contributed by atoms with Crippen LogP contribution in [0.2, 0.25) is 0 Å². The van der Waals surface area contributed by atoms with Gasteiger partial charge in [-0.25, -0.2) is 14.8 Å². The van der Waals surface area contributed by atoms with Gasteiger partial charge in [0.15, 0.2) is 5.75 Å². The van der Waals surface area contributed by atoms with E-state index in [2.05, 4.69) is 14.2 Å². The predicted molar refractivity (Wildman–Crippen MR) is 154 cm³/mol. The first-order valence-corrected chi connectivity index (χ1v) is 15.1. The monoisotopic (exact) mass is 635 g/mol. The van der Waals surface area contributed by atoms with E-state index in [1.54, 1.807) is 39.8 Å². The van der Waals surface area contributed by atoms with Gasteiger partial charge in [0, 0.05) is 17.7 Å². The smallest absolute Gasteiger partial charge is 0.466 e. The molecule has 236 valence electrons. The van der Waals surface area contributed by atoms with E-state index in [9.17, 15) is 31.2 Å². The Hall–Kier alpha value is -4.20. The average molecular weight is 636 g/mol. The van der Waals surface area contributed by atoms with Crippen LogP contribution in [0.3, 0.4) is 0 Å². The minimum absolute atomic E-state index is 0.101. The summed E-state index contributed by atoms with van der Waals surface area (Å²) in [4.78, 5) is 35.6. The van der Waals surface area contributed by atoms with Crippen LogP contribution in [0.5, 0.6) is 5.75 Å². The van der Waals surface area contributed by atoms with Gasteiger partial charge >= 0.3 is 27.7 Å². The molecule has 0 saturated heterocycles. The van der Waals surface area contributed by atoms with E-state index in [-0.39, 0.29) is 36.8 Å². The van der Waals surface area contributed by atoms with Crippen LogP contribution in [0.1, 0.15) is 56.9 Å². The number of ether oxygens (including phenoxy) is 2.